The number of nitrogens with zero attached hydrogens (tertiary/aromatic N) is 2. The van der Waals surface area contributed by atoms with E-state index in [0.717, 1.165) is 31.2 Å². The molecule has 1 aromatic heterocycles. The van der Waals surface area contributed by atoms with Crippen LogP contribution in [0.3, 0.4) is 0 Å². The number of anilines is 1. The quantitative estimate of drug-likeness (QED) is 0.814. The zero-order valence-electron chi connectivity index (χ0n) is 10.0. The lowest BCUT2D eigenvalue weighted by molar-refractivity contribution is 0.112. The van der Waals surface area contributed by atoms with Crippen molar-refractivity contribution in [3.63, 3.8) is 0 Å². The van der Waals surface area contributed by atoms with Crippen LogP contribution in [0, 0.1) is 5.82 Å². The van der Waals surface area contributed by atoms with Crippen LogP contribution in [0.2, 0.25) is 0 Å². The summed E-state index contributed by atoms with van der Waals surface area (Å²) >= 11 is 0. The van der Waals surface area contributed by atoms with Crippen LogP contribution in [-0.4, -0.2) is 20.8 Å². The highest BCUT2D eigenvalue weighted by Crippen LogP contribution is 2.33. The third-order valence-corrected chi connectivity index (χ3v) is 3.71. The number of hydrogen-bond donors (Lipinski definition) is 2. The minimum Gasteiger partial charge on any atom is -0.393 e. The van der Waals surface area contributed by atoms with Crippen molar-refractivity contribution in [3.8, 4) is 0 Å². The van der Waals surface area contributed by atoms with E-state index in [1.54, 1.807) is 6.07 Å². The molecule has 4 nitrogen and oxygen atoms in total. The van der Waals surface area contributed by atoms with Gasteiger partial charge in [-0.2, -0.15) is 0 Å². The fraction of sp³-hybridized carbons (Fsp3) is 0.462. The zero-order valence-corrected chi connectivity index (χ0v) is 10.0. The fourth-order valence-corrected chi connectivity index (χ4v) is 2.79. The first-order chi connectivity index (χ1) is 8.65. The van der Waals surface area contributed by atoms with E-state index in [0.29, 0.717) is 11.5 Å². The van der Waals surface area contributed by atoms with Crippen molar-refractivity contribution in [3.05, 3.63) is 24.0 Å². The highest BCUT2D eigenvalue weighted by Gasteiger charge is 2.23. The maximum Gasteiger partial charge on any atom is 0.201 e. The Kier molecular flexibility index (Phi) is 2.70. The summed E-state index contributed by atoms with van der Waals surface area (Å²) in [7, 11) is 0. The number of aliphatic hydroxyl groups excluding tert-OH is 1. The Balaban J connectivity index is 2.03. The van der Waals surface area contributed by atoms with Gasteiger partial charge in [0, 0.05) is 12.1 Å². The smallest absolute Gasteiger partial charge is 0.201 e. The summed E-state index contributed by atoms with van der Waals surface area (Å²) in [5.41, 5.74) is 7.40. The molecular formula is C13H16FN3O. The number of aromatic nitrogens is 2. The fourth-order valence-electron chi connectivity index (χ4n) is 2.79. The van der Waals surface area contributed by atoms with Crippen LogP contribution >= 0.6 is 0 Å². The van der Waals surface area contributed by atoms with E-state index < -0.39 is 0 Å². The number of benzene rings is 1. The van der Waals surface area contributed by atoms with E-state index in [1.165, 1.54) is 12.1 Å². The number of hydrogen-bond acceptors (Lipinski definition) is 3. The molecule has 5 heteroatoms. The molecule has 0 amide bonds. The van der Waals surface area contributed by atoms with Crippen molar-refractivity contribution in [1.29, 1.82) is 0 Å². The predicted molar refractivity (Wildman–Crippen MR) is 67.6 cm³/mol. The van der Waals surface area contributed by atoms with Gasteiger partial charge in [0.25, 0.3) is 0 Å². The summed E-state index contributed by atoms with van der Waals surface area (Å²) in [6, 6.07) is 4.81. The molecule has 0 bridgehead atoms. The second-order valence-electron chi connectivity index (χ2n) is 4.94. The minimum absolute atomic E-state index is 0.199. The van der Waals surface area contributed by atoms with Crippen LogP contribution in [0.25, 0.3) is 11.0 Å². The maximum absolute atomic E-state index is 13.1. The molecule has 1 saturated carbocycles. The number of nitrogen functional groups attached to an aromatic ring is 1. The van der Waals surface area contributed by atoms with Crippen LogP contribution in [0.15, 0.2) is 18.2 Å². The number of imidazole rings is 1. The summed E-state index contributed by atoms with van der Waals surface area (Å²) < 4.78 is 15.1. The highest BCUT2D eigenvalue weighted by molar-refractivity contribution is 5.78. The minimum atomic E-state index is -0.300. The molecule has 0 atom stereocenters. The molecule has 1 fully saturated rings. The van der Waals surface area contributed by atoms with Gasteiger partial charge < -0.3 is 15.4 Å². The average Bonchev–Trinajstić information content (AvgIpc) is 2.65. The monoisotopic (exact) mass is 249 g/mol. The van der Waals surface area contributed by atoms with Crippen LogP contribution < -0.4 is 5.73 Å². The van der Waals surface area contributed by atoms with Crippen LogP contribution in [0.4, 0.5) is 10.3 Å². The highest BCUT2D eigenvalue weighted by atomic mass is 19.1. The van der Waals surface area contributed by atoms with Crippen molar-refractivity contribution in [2.45, 2.75) is 37.8 Å². The average molecular weight is 249 g/mol. The first kappa shape index (κ1) is 11.5. The summed E-state index contributed by atoms with van der Waals surface area (Å²) in [6.45, 7) is 0. The van der Waals surface area contributed by atoms with Crippen LogP contribution in [0.1, 0.15) is 31.7 Å². The van der Waals surface area contributed by atoms with Gasteiger partial charge in [-0.15, -0.1) is 0 Å². The second kappa shape index (κ2) is 4.24. The predicted octanol–water partition coefficient (Wildman–Crippen LogP) is 2.23. The molecule has 1 heterocycles. The number of halogens is 1. The maximum atomic E-state index is 13.1. The van der Waals surface area contributed by atoms with E-state index in [-0.39, 0.29) is 18.0 Å². The molecular weight excluding hydrogens is 233 g/mol. The molecule has 0 unspecified atom stereocenters. The van der Waals surface area contributed by atoms with Crippen molar-refractivity contribution in [2.75, 3.05) is 5.73 Å². The van der Waals surface area contributed by atoms with E-state index in [2.05, 4.69) is 4.98 Å². The Morgan fingerprint density at radius 2 is 2.00 bits per heavy atom. The topological polar surface area (TPSA) is 64.1 Å². The van der Waals surface area contributed by atoms with Gasteiger partial charge in [0.15, 0.2) is 0 Å². The Morgan fingerprint density at radius 3 is 2.72 bits per heavy atom. The molecule has 3 N–H and O–H groups in total. The van der Waals surface area contributed by atoms with Gasteiger partial charge in [-0.25, -0.2) is 9.37 Å². The van der Waals surface area contributed by atoms with Crippen molar-refractivity contribution < 1.29 is 9.50 Å². The first-order valence-corrected chi connectivity index (χ1v) is 6.26. The number of rotatable bonds is 1. The molecule has 18 heavy (non-hydrogen) atoms. The van der Waals surface area contributed by atoms with E-state index in [4.69, 9.17) is 5.73 Å². The van der Waals surface area contributed by atoms with Gasteiger partial charge >= 0.3 is 0 Å². The third kappa shape index (κ3) is 1.84. The Labute approximate surface area is 104 Å². The lowest BCUT2D eigenvalue weighted by atomic mass is 9.93. The Bertz CT molecular complexity index is 573. The lowest BCUT2D eigenvalue weighted by Gasteiger charge is -2.27. The number of fused-ring (bicyclic) bond motifs is 1. The lowest BCUT2D eigenvalue weighted by Crippen LogP contribution is -2.22. The van der Waals surface area contributed by atoms with Crippen LogP contribution in [-0.2, 0) is 0 Å². The van der Waals surface area contributed by atoms with Crippen molar-refractivity contribution >= 4 is 17.0 Å². The van der Waals surface area contributed by atoms with Gasteiger partial charge in [-0.1, -0.05) is 0 Å². The second-order valence-corrected chi connectivity index (χ2v) is 4.94. The standard InChI is InChI=1S/C13H16FN3O/c14-8-1-6-12-11(7-8)16-13(15)17(12)9-2-4-10(18)5-3-9/h1,6-7,9-10,18H,2-5H2,(H2,15,16). The Morgan fingerprint density at radius 1 is 1.28 bits per heavy atom. The number of aliphatic hydroxyl groups is 1. The first-order valence-electron chi connectivity index (χ1n) is 6.26. The molecule has 0 radical (unpaired) electrons. The van der Waals surface area contributed by atoms with Crippen molar-refractivity contribution in [1.82, 2.24) is 9.55 Å². The van der Waals surface area contributed by atoms with Gasteiger partial charge in [0.05, 0.1) is 17.1 Å². The molecule has 0 aliphatic heterocycles. The SMILES string of the molecule is Nc1nc2cc(F)ccc2n1C1CCC(O)CC1. The molecule has 0 spiro atoms. The van der Waals surface area contributed by atoms with Gasteiger partial charge in [-0.05, 0) is 37.8 Å². The molecule has 96 valence electrons. The van der Waals surface area contributed by atoms with E-state index in [1.807, 2.05) is 4.57 Å². The summed E-state index contributed by atoms with van der Waals surface area (Å²) in [5.74, 6) is 0.128. The van der Waals surface area contributed by atoms with Gasteiger partial charge in [0.2, 0.25) is 5.95 Å². The zero-order chi connectivity index (χ0) is 12.7. The summed E-state index contributed by atoms with van der Waals surface area (Å²) in [6.07, 6.45) is 3.13. The van der Waals surface area contributed by atoms with E-state index in [9.17, 15) is 9.50 Å². The Hall–Kier alpha value is -1.62. The van der Waals surface area contributed by atoms with Gasteiger partial charge in [0.1, 0.15) is 5.82 Å². The number of nitrogens with two attached hydrogens (primary N) is 1. The largest absolute Gasteiger partial charge is 0.393 e. The third-order valence-electron chi connectivity index (χ3n) is 3.71. The van der Waals surface area contributed by atoms with Crippen molar-refractivity contribution in [2.24, 2.45) is 0 Å². The molecule has 1 aliphatic rings. The summed E-state index contributed by atoms with van der Waals surface area (Å²) in [5, 5.41) is 9.54. The molecule has 1 aromatic carbocycles. The van der Waals surface area contributed by atoms with Crippen LogP contribution in [0.5, 0.6) is 0 Å². The molecule has 0 saturated heterocycles. The molecule has 2 aromatic rings. The normalized spacial score (nSPS) is 24.6. The molecule has 3 rings (SSSR count). The van der Waals surface area contributed by atoms with E-state index >= 15 is 0 Å². The van der Waals surface area contributed by atoms with Gasteiger partial charge in [-0.3, -0.25) is 0 Å². The molecule has 1 aliphatic carbocycles. The summed E-state index contributed by atoms with van der Waals surface area (Å²) in [4.78, 5) is 4.21.